The smallest absolute Gasteiger partial charge is 0.306 e. The van der Waals surface area contributed by atoms with Crippen LogP contribution >= 0.6 is 0 Å². The summed E-state index contributed by atoms with van der Waals surface area (Å²) in [5.74, 6) is -0.562. The highest BCUT2D eigenvalue weighted by molar-refractivity contribution is 5.80. The maximum Gasteiger partial charge on any atom is 0.306 e. The van der Waals surface area contributed by atoms with E-state index in [1.807, 2.05) is 11.8 Å². The molecule has 1 fully saturated rings. The van der Waals surface area contributed by atoms with Gasteiger partial charge in [-0.3, -0.25) is 9.59 Å². The number of hydrogen-bond acceptors (Lipinski definition) is 2. The van der Waals surface area contributed by atoms with E-state index in [0.29, 0.717) is 18.9 Å². The van der Waals surface area contributed by atoms with Gasteiger partial charge in [0.25, 0.3) is 0 Å². The summed E-state index contributed by atoms with van der Waals surface area (Å²) in [7, 11) is 0. The van der Waals surface area contributed by atoms with Crippen molar-refractivity contribution < 1.29 is 14.7 Å². The van der Waals surface area contributed by atoms with Crippen LogP contribution in [0.5, 0.6) is 0 Å². The Morgan fingerprint density at radius 2 is 1.89 bits per heavy atom. The zero-order valence-corrected chi connectivity index (χ0v) is 11.7. The molecule has 0 aromatic carbocycles. The lowest BCUT2D eigenvalue weighted by atomic mass is 9.80. The zero-order valence-electron chi connectivity index (χ0n) is 11.7. The molecule has 2 atom stereocenters. The summed E-state index contributed by atoms with van der Waals surface area (Å²) in [5, 5.41) is 9.05. The van der Waals surface area contributed by atoms with Crippen LogP contribution in [-0.2, 0) is 9.59 Å². The topological polar surface area (TPSA) is 57.6 Å². The average Bonchev–Trinajstić information content (AvgIpc) is 2.35. The van der Waals surface area contributed by atoms with E-state index in [4.69, 9.17) is 5.11 Å². The maximum absolute atomic E-state index is 12.4. The van der Waals surface area contributed by atoms with Gasteiger partial charge in [0, 0.05) is 19.0 Å². The predicted octanol–water partition coefficient (Wildman–Crippen LogP) is 2.38. The third kappa shape index (κ3) is 4.00. The molecular weight excluding hydrogens is 230 g/mol. The third-order valence-corrected chi connectivity index (χ3v) is 3.65. The number of aliphatic carboxylic acids is 1. The quantitative estimate of drug-likeness (QED) is 0.820. The Morgan fingerprint density at radius 1 is 1.28 bits per heavy atom. The fourth-order valence-electron chi connectivity index (χ4n) is 2.71. The minimum absolute atomic E-state index is 0.0847. The first-order chi connectivity index (χ1) is 8.45. The van der Waals surface area contributed by atoms with E-state index in [1.54, 1.807) is 0 Å². The van der Waals surface area contributed by atoms with Crippen LogP contribution in [0.15, 0.2) is 0 Å². The van der Waals surface area contributed by atoms with E-state index >= 15 is 0 Å². The predicted molar refractivity (Wildman–Crippen MR) is 70.2 cm³/mol. The molecule has 104 valence electrons. The van der Waals surface area contributed by atoms with Crippen LogP contribution in [0.25, 0.3) is 0 Å². The number of carbonyl (C=O) groups is 2. The van der Waals surface area contributed by atoms with Crippen molar-refractivity contribution in [2.24, 2.45) is 17.8 Å². The first-order valence-corrected chi connectivity index (χ1v) is 6.97. The van der Waals surface area contributed by atoms with Crippen LogP contribution in [0, 0.1) is 17.8 Å². The van der Waals surface area contributed by atoms with Crippen LogP contribution in [0.4, 0.5) is 0 Å². The van der Waals surface area contributed by atoms with Crippen molar-refractivity contribution in [3.63, 3.8) is 0 Å². The molecule has 0 radical (unpaired) electrons. The van der Waals surface area contributed by atoms with Crippen LogP contribution in [-0.4, -0.2) is 35.0 Å². The van der Waals surface area contributed by atoms with E-state index in [0.717, 1.165) is 25.8 Å². The van der Waals surface area contributed by atoms with Gasteiger partial charge in [-0.2, -0.15) is 0 Å². The Hall–Kier alpha value is -1.06. The van der Waals surface area contributed by atoms with Crippen molar-refractivity contribution in [2.45, 2.75) is 46.5 Å². The van der Waals surface area contributed by atoms with Gasteiger partial charge >= 0.3 is 5.97 Å². The second kappa shape index (κ2) is 6.76. The highest BCUT2D eigenvalue weighted by Gasteiger charge is 2.32. The molecule has 0 bridgehead atoms. The molecule has 0 aliphatic heterocycles. The molecule has 0 saturated heterocycles. The zero-order chi connectivity index (χ0) is 13.7. The van der Waals surface area contributed by atoms with Crippen molar-refractivity contribution in [1.29, 1.82) is 0 Å². The van der Waals surface area contributed by atoms with Crippen molar-refractivity contribution in [2.75, 3.05) is 13.1 Å². The molecule has 1 aliphatic carbocycles. The number of nitrogens with zero attached hydrogens (tertiary/aromatic N) is 1. The molecule has 1 saturated carbocycles. The van der Waals surface area contributed by atoms with E-state index in [2.05, 4.69) is 13.8 Å². The first-order valence-electron chi connectivity index (χ1n) is 6.97. The van der Waals surface area contributed by atoms with Gasteiger partial charge in [0.2, 0.25) is 5.91 Å². The highest BCUT2D eigenvalue weighted by Crippen LogP contribution is 2.30. The molecule has 0 heterocycles. The second-order valence-corrected chi connectivity index (χ2v) is 5.67. The molecule has 1 rings (SSSR count). The number of amides is 1. The van der Waals surface area contributed by atoms with Crippen molar-refractivity contribution >= 4 is 11.9 Å². The Bertz CT molecular complexity index is 301. The lowest BCUT2D eigenvalue weighted by Crippen LogP contribution is -2.40. The van der Waals surface area contributed by atoms with Gasteiger partial charge in [-0.15, -0.1) is 0 Å². The van der Waals surface area contributed by atoms with E-state index in [9.17, 15) is 9.59 Å². The van der Waals surface area contributed by atoms with Crippen LogP contribution in [0.1, 0.15) is 46.5 Å². The minimum Gasteiger partial charge on any atom is -0.481 e. The van der Waals surface area contributed by atoms with E-state index in [1.165, 1.54) is 0 Å². The van der Waals surface area contributed by atoms with Gasteiger partial charge in [0.05, 0.1) is 5.92 Å². The van der Waals surface area contributed by atoms with Crippen molar-refractivity contribution in [1.82, 2.24) is 4.90 Å². The molecule has 1 aliphatic rings. The molecule has 1 N–H and O–H groups in total. The van der Waals surface area contributed by atoms with Crippen LogP contribution in [0.3, 0.4) is 0 Å². The Balaban J connectivity index is 2.61. The number of rotatable bonds is 5. The molecule has 0 spiro atoms. The monoisotopic (exact) mass is 255 g/mol. The van der Waals surface area contributed by atoms with Crippen molar-refractivity contribution in [3.05, 3.63) is 0 Å². The molecule has 4 nitrogen and oxygen atoms in total. The molecule has 1 amide bonds. The minimum atomic E-state index is -0.751. The maximum atomic E-state index is 12.4. The van der Waals surface area contributed by atoms with Crippen molar-refractivity contribution in [3.8, 4) is 0 Å². The normalized spacial score (nSPS) is 24.0. The molecule has 18 heavy (non-hydrogen) atoms. The van der Waals surface area contributed by atoms with Gasteiger partial charge in [-0.25, -0.2) is 0 Å². The fraction of sp³-hybridized carbons (Fsp3) is 0.857. The summed E-state index contributed by atoms with van der Waals surface area (Å²) in [6.07, 6.45) is 2.93. The van der Waals surface area contributed by atoms with Gasteiger partial charge in [-0.05, 0) is 32.1 Å². The number of carboxylic acids is 1. The summed E-state index contributed by atoms with van der Waals surface area (Å²) >= 11 is 0. The SMILES string of the molecule is CCN(CC(C)C)C(=O)C1CCCC(C(=O)O)C1. The lowest BCUT2D eigenvalue weighted by Gasteiger charge is -2.31. The Labute approximate surface area is 109 Å². The van der Waals surface area contributed by atoms with E-state index in [-0.39, 0.29) is 17.7 Å². The Kier molecular flexibility index (Phi) is 5.63. The van der Waals surface area contributed by atoms with Gasteiger partial charge in [-0.1, -0.05) is 20.3 Å². The molecule has 0 aromatic rings. The fourth-order valence-corrected chi connectivity index (χ4v) is 2.71. The number of hydrogen-bond donors (Lipinski definition) is 1. The second-order valence-electron chi connectivity index (χ2n) is 5.67. The van der Waals surface area contributed by atoms with Crippen LogP contribution in [0.2, 0.25) is 0 Å². The summed E-state index contributed by atoms with van der Waals surface area (Å²) in [6.45, 7) is 7.65. The summed E-state index contributed by atoms with van der Waals surface area (Å²) in [6, 6.07) is 0. The van der Waals surface area contributed by atoms with Gasteiger partial charge in [0.1, 0.15) is 0 Å². The first kappa shape index (κ1) is 15.0. The molecule has 0 aromatic heterocycles. The summed E-state index contributed by atoms with van der Waals surface area (Å²) in [5.41, 5.74) is 0. The lowest BCUT2D eigenvalue weighted by molar-refractivity contribution is -0.145. The summed E-state index contributed by atoms with van der Waals surface area (Å²) in [4.78, 5) is 25.3. The summed E-state index contributed by atoms with van der Waals surface area (Å²) < 4.78 is 0. The molecule has 4 heteroatoms. The third-order valence-electron chi connectivity index (χ3n) is 3.65. The van der Waals surface area contributed by atoms with E-state index < -0.39 is 5.97 Å². The molecule has 2 unspecified atom stereocenters. The number of carboxylic acid groups (broad SMARTS) is 1. The highest BCUT2D eigenvalue weighted by atomic mass is 16.4. The van der Waals surface area contributed by atoms with Gasteiger partial charge in [0.15, 0.2) is 0 Å². The van der Waals surface area contributed by atoms with Crippen LogP contribution < -0.4 is 0 Å². The Morgan fingerprint density at radius 3 is 2.39 bits per heavy atom. The standard InChI is InChI=1S/C14H25NO3/c1-4-15(9-10(2)3)13(16)11-6-5-7-12(8-11)14(17)18/h10-12H,4-9H2,1-3H3,(H,17,18). The largest absolute Gasteiger partial charge is 0.481 e. The number of carbonyl (C=O) groups excluding carboxylic acids is 1. The molecular formula is C14H25NO3. The average molecular weight is 255 g/mol. The van der Waals surface area contributed by atoms with Gasteiger partial charge < -0.3 is 10.0 Å².